The lowest BCUT2D eigenvalue weighted by Crippen LogP contribution is -2.49. The molecule has 0 aliphatic carbocycles. The third-order valence-electron chi connectivity index (χ3n) is 3.11. The minimum absolute atomic E-state index is 0. The maximum absolute atomic E-state index is 12.0. The number of carbonyl (C=O) groups is 1. The second kappa shape index (κ2) is 12.6. The van der Waals surface area contributed by atoms with E-state index >= 15 is 0 Å². The van der Waals surface area contributed by atoms with Crippen molar-refractivity contribution < 1.29 is 14.3 Å². The fourth-order valence-electron chi connectivity index (χ4n) is 2.01. The lowest BCUT2D eigenvalue weighted by atomic mass is 10.1. The standard InChI is InChI=1S/C19H33N5O3.HI/c1-7-21-16(22-11-12-26-15-9-8-10-20-13-15)23-14-19(5,6)24-17(25)27-18(2,3)4;/h8-10,13H,7,11-12,14H2,1-6H3,(H,24,25)(H2,21,22,23);1H. The predicted octanol–water partition coefficient (Wildman–Crippen LogP) is 2.94. The number of carbonyl (C=O) groups excluding carboxylic acids is 1. The molecule has 0 atom stereocenters. The Bertz CT molecular complexity index is 603. The van der Waals surface area contributed by atoms with E-state index in [-0.39, 0.29) is 24.0 Å². The maximum atomic E-state index is 12.0. The largest absolute Gasteiger partial charge is 0.490 e. The molecule has 1 aromatic rings. The van der Waals surface area contributed by atoms with Crippen LogP contribution in [0.25, 0.3) is 0 Å². The lowest BCUT2D eigenvalue weighted by molar-refractivity contribution is 0.0476. The summed E-state index contributed by atoms with van der Waals surface area (Å²) in [6.45, 7) is 13.5. The third kappa shape index (κ3) is 12.6. The molecule has 1 aromatic heterocycles. The normalized spacial score (nSPS) is 11.9. The number of amides is 1. The first-order chi connectivity index (χ1) is 12.6. The minimum atomic E-state index is -0.545. The molecule has 3 N–H and O–H groups in total. The van der Waals surface area contributed by atoms with Gasteiger partial charge in [-0.2, -0.15) is 0 Å². The summed E-state index contributed by atoms with van der Waals surface area (Å²) >= 11 is 0. The van der Waals surface area contributed by atoms with Gasteiger partial charge in [0.2, 0.25) is 0 Å². The Kier molecular flexibility index (Phi) is 11.8. The van der Waals surface area contributed by atoms with Crippen molar-refractivity contribution in [1.82, 2.24) is 20.9 Å². The van der Waals surface area contributed by atoms with Gasteiger partial charge >= 0.3 is 6.09 Å². The summed E-state index contributed by atoms with van der Waals surface area (Å²) in [6, 6.07) is 3.69. The number of nitrogens with one attached hydrogen (secondary N) is 3. The summed E-state index contributed by atoms with van der Waals surface area (Å²) in [4.78, 5) is 20.5. The van der Waals surface area contributed by atoms with Crippen molar-refractivity contribution in [2.45, 2.75) is 52.7 Å². The number of nitrogens with zero attached hydrogens (tertiary/aromatic N) is 2. The number of halogens is 1. The second-order valence-corrected chi connectivity index (χ2v) is 7.67. The van der Waals surface area contributed by atoms with E-state index in [2.05, 4.69) is 25.9 Å². The molecular formula is C19H34IN5O3. The molecule has 0 bridgehead atoms. The molecule has 28 heavy (non-hydrogen) atoms. The van der Waals surface area contributed by atoms with Gasteiger partial charge in [0.05, 0.1) is 24.8 Å². The summed E-state index contributed by atoms with van der Waals surface area (Å²) < 4.78 is 10.9. The van der Waals surface area contributed by atoms with Crippen molar-refractivity contribution in [3.8, 4) is 5.75 Å². The molecule has 1 heterocycles. The number of guanidine groups is 1. The first-order valence-corrected chi connectivity index (χ1v) is 9.17. The highest BCUT2D eigenvalue weighted by Gasteiger charge is 2.24. The zero-order valence-corrected chi connectivity index (χ0v) is 20.0. The lowest BCUT2D eigenvalue weighted by Gasteiger charge is -2.27. The summed E-state index contributed by atoms with van der Waals surface area (Å²) in [7, 11) is 0. The zero-order valence-electron chi connectivity index (χ0n) is 17.7. The maximum Gasteiger partial charge on any atom is 0.408 e. The molecule has 0 radical (unpaired) electrons. The number of rotatable bonds is 8. The summed E-state index contributed by atoms with van der Waals surface area (Å²) in [5, 5.41) is 9.22. The van der Waals surface area contributed by atoms with E-state index in [9.17, 15) is 4.79 Å². The molecule has 0 aliphatic heterocycles. The van der Waals surface area contributed by atoms with Gasteiger partial charge in [-0.05, 0) is 53.7 Å². The molecule has 1 rings (SSSR count). The molecule has 0 saturated carbocycles. The van der Waals surface area contributed by atoms with Crippen LogP contribution in [-0.4, -0.2) is 54.4 Å². The first-order valence-electron chi connectivity index (χ1n) is 9.17. The number of hydrogen-bond acceptors (Lipinski definition) is 5. The number of ether oxygens (including phenoxy) is 2. The van der Waals surface area contributed by atoms with Crippen LogP contribution in [0, 0.1) is 0 Å². The van der Waals surface area contributed by atoms with E-state index < -0.39 is 17.2 Å². The molecule has 0 fully saturated rings. The van der Waals surface area contributed by atoms with Crippen LogP contribution in [0.4, 0.5) is 4.79 Å². The summed E-state index contributed by atoms with van der Waals surface area (Å²) in [6.07, 6.45) is 2.92. The highest BCUT2D eigenvalue weighted by atomic mass is 127. The van der Waals surface area contributed by atoms with Crippen molar-refractivity contribution in [3.05, 3.63) is 24.5 Å². The zero-order chi connectivity index (χ0) is 20.3. The van der Waals surface area contributed by atoms with Crippen LogP contribution in [0.3, 0.4) is 0 Å². The van der Waals surface area contributed by atoms with Gasteiger partial charge in [0, 0.05) is 12.7 Å². The average molecular weight is 507 g/mol. The number of pyridine rings is 1. The van der Waals surface area contributed by atoms with Crippen LogP contribution in [-0.2, 0) is 4.74 Å². The fourth-order valence-corrected chi connectivity index (χ4v) is 2.01. The predicted molar refractivity (Wildman–Crippen MR) is 123 cm³/mol. The van der Waals surface area contributed by atoms with Crippen molar-refractivity contribution in [2.24, 2.45) is 4.99 Å². The van der Waals surface area contributed by atoms with Crippen molar-refractivity contribution in [2.75, 3.05) is 26.2 Å². The fraction of sp³-hybridized carbons (Fsp3) is 0.632. The molecular weight excluding hydrogens is 473 g/mol. The minimum Gasteiger partial charge on any atom is -0.490 e. The van der Waals surface area contributed by atoms with Crippen LogP contribution in [0.5, 0.6) is 5.75 Å². The Hall–Kier alpha value is -1.78. The van der Waals surface area contributed by atoms with Gasteiger partial charge in [-0.1, -0.05) is 0 Å². The Labute approximate surface area is 185 Å². The quantitative estimate of drug-likeness (QED) is 0.217. The van der Waals surface area contributed by atoms with Crippen molar-refractivity contribution in [1.29, 1.82) is 0 Å². The second-order valence-electron chi connectivity index (χ2n) is 7.67. The number of hydrogen-bond donors (Lipinski definition) is 3. The third-order valence-corrected chi connectivity index (χ3v) is 3.11. The Morgan fingerprint density at radius 1 is 1.21 bits per heavy atom. The van der Waals surface area contributed by atoms with Gasteiger partial charge in [0.25, 0.3) is 0 Å². The van der Waals surface area contributed by atoms with Crippen LogP contribution < -0.4 is 20.7 Å². The Balaban J connectivity index is 0.00000729. The molecule has 0 aliphatic rings. The summed E-state index contributed by atoms with van der Waals surface area (Å²) in [5.41, 5.74) is -1.08. The molecule has 0 aromatic carbocycles. The Morgan fingerprint density at radius 2 is 1.93 bits per heavy atom. The molecule has 160 valence electrons. The van der Waals surface area contributed by atoms with Gasteiger partial charge < -0.3 is 25.4 Å². The van der Waals surface area contributed by atoms with E-state index in [0.29, 0.717) is 25.7 Å². The SMILES string of the molecule is CCNC(=NCC(C)(C)NC(=O)OC(C)(C)C)NCCOc1cccnc1.I. The molecule has 9 heteroatoms. The smallest absolute Gasteiger partial charge is 0.408 e. The number of alkyl carbamates (subject to hydrolysis) is 1. The van der Waals surface area contributed by atoms with Gasteiger partial charge in [0.15, 0.2) is 5.96 Å². The van der Waals surface area contributed by atoms with Gasteiger partial charge in [0.1, 0.15) is 18.0 Å². The van der Waals surface area contributed by atoms with E-state index in [1.165, 1.54) is 0 Å². The highest BCUT2D eigenvalue weighted by Crippen LogP contribution is 2.10. The first kappa shape index (κ1) is 26.2. The number of aromatic nitrogens is 1. The molecule has 8 nitrogen and oxygen atoms in total. The molecule has 0 spiro atoms. The van der Waals surface area contributed by atoms with Gasteiger partial charge in [-0.15, -0.1) is 24.0 Å². The highest BCUT2D eigenvalue weighted by molar-refractivity contribution is 14.0. The van der Waals surface area contributed by atoms with Crippen molar-refractivity contribution in [3.63, 3.8) is 0 Å². The molecule has 0 unspecified atom stereocenters. The monoisotopic (exact) mass is 507 g/mol. The van der Waals surface area contributed by atoms with Crippen LogP contribution >= 0.6 is 24.0 Å². The van der Waals surface area contributed by atoms with Crippen molar-refractivity contribution >= 4 is 36.0 Å². The Morgan fingerprint density at radius 3 is 2.50 bits per heavy atom. The topological polar surface area (TPSA) is 96.9 Å². The van der Waals surface area contributed by atoms with Crippen LogP contribution in [0.1, 0.15) is 41.5 Å². The van der Waals surface area contributed by atoms with E-state index in [1.807, 2.05) is 53.7 Å². The van der Waals surface area contributed by atoms with E-state index in [0.717, 1.165) is 12.3 Å². The van der Waals surface area contributed by atoms with E-state index in [1.54, 1.807) is 12.4 Å². The molecule has 0 saturated heterocycles. The summed E-state index contributed by atoms with van der Waals surface area (Å²) in [5.74, 6) is 1.38. The van der Waals surface area contributed by atoms with E-state index in [4.69, 9.17) is 9.47 Å². The van der Waals surface area contributed by atoms with Crippen LogP contribution in [0.15, 0.2) is 29.5 Å². The van der Waals surface area contributed by atoms with Crippen LogP contribution in [0.2, 0.25) is 0 Å². The average Bonchev–Trinajstić information content (AvgIpc) is 2.55. The number of aliphatic imine (C=N–C) groups is 1. The van der Waals surface area contributed by atoms with Gasteiger partial charge in [-0.3, -0.25) is 9.98 Å². The molecule has 1 amide bonds. The van der Waals surface area contributed by atoms with Gasteiger partial charge in [-0.25, -0.2) is 4.79 Å².